The van der Waals surface area contributed by atoms with E-state index >= 15 is 0 Å². The molecule has 2 aromatic heterocycles. The summed E-state index contributed by atoms with van der Waals surface area (Å²) in [5.41, 5.74) is 5.84. The number of nitrogens with zero attached hydrogens (tertiary/aromatic N) is 3. The molecule has 2 aromatic carbocycles. The Morgan fingerprint density at radius 1 is 1.03 bits per heavy atom. The van der Waals surface area contributed by atoms with E-state index in [1.165, 1.54) is 11.1 Å². The molecule has 5 rings (SSSR count). The Labute approximate surface area is 181 Å². The number of fused-ring (bicyclic) bond motifs is 2. The lowest BCUT2D eigenvalue weighted by molar-refractivity contribution is 0.866. The van der Waals surface area contributed by atoms with E-state index in [1.807, 2.05) is 30.4 Å². The van der Waals surface area contributed by atoms with Crippen LogP contribution in [0.2, 0.25) is 0 Å². The fraction of sp³-hybridized carbons (Fsp3) is 0.192. The molecular formula is C26H24N4O. The quantitative estimate of drug-likeness (QED) is 0.497. The number of anilines is 2. The standard InChI is InChI=1S/C26H24N4O/c1-17(2)19-10-7-18(8-11-19)9-12-21-13-15-27-24-23(21)25(31)29-26(28-24)30-16-14-20-5-3-4-6-22(20)30/h3-13,15,17H,14,16H2,1-2H3,(H,27,28,29,31)/b12-9+. The second kappa shape index (κ2) is 7.84. The third-order valence-corrected chi connectivity index (χ3v) is 5.83. The maximum absolute atomic E-state index is 13.0. The molecule has 0 saturated heterocycles. The summed E-state index contributed by atoms with van der Waals surface area (Å²) < 4.78 is 0. The fourth-order valence-corrected chi connectivity index (χ4v) is 4.08. The van der Waals surface area contributed by atoms with Crippen LogP contribution in [0.15, 0.2) is 65.6 Å². The fourth-order valence-electron chi connectivity index (χ4n) is 4.08. The van der Waals surface area contributed by atoms with E-state index < -0.39 is 0 Å². The van der Waals surface area contributed by atoms with Crippen LogP contribution < -0.4 is 10.5 Å². The largest absolute Gasteiger partial charge is 0.311 e. The number of benzene rings is 2. The Bertz CT molecular complexity index is 1340. The van der Waals surface area contributed by atoms with Gasteiger partial charge in [0.25, 0.3) is 5.56 Å². The van der Waals surface area contributed by atoms with E-state index in [4.69, 9.17) is 0 Å². The average Bonchev–Trinajstić information content (AvgIpc) is 3.22. The summed E-state index contributed by atoms with van der Waals surface area (Å²) in [6, 6.07) is 18.5. The van der Waals surface area contributed by atoms with Crippen LogP contribution in [0.1, 0.15) is 42.0 Å². The van der Waals surface area contributed by atoms with Gasteiger partial charge in [0.15, 0.2) is 5.65 Å². The van der Waals surface area contributed by atoms with Crippen molar-refractivity contribution >= 4 is 34.8 Å². The van der Waals surface area contributed by atoms with Crippen molar-refractivity contribution in [3.05, 3.63) is 93.4 Å². The smallest absolute Gasteiger partial charge is 0.262 e. The number of para-hydroxylation sites is 1. The number of hydrogen-bond donors (Lipinski definition) is 1. The van der Waals surface area contributed by atoms with Crippen molar-refractivity contribution in [2.75, 3.05) is 11.4 Å². The number of aromatic amines is 1. The molecule has 5 nitrogen and oxygen atoms in total. The second-order valence-electron chi connectivity index (χ2n) is 8.17. The number of nitrogens with one attached hydrogen (secondary N) is 1. The van der Waals surface area contributed by atoms with Crippen LogP contribution in [0.25, 0.3) is 23.2 Å². The normalized spacial score (nSPS) is 13.5. The third-order valence-electron chi connectivity index (χ3n) is 5.83. The first-order chi connectivity index (χ1) is 15.1. The van der Waals surface area contributed by atoms with E-state index in [0.717, 1.165) is 29.8 Å². The van der Waals surface area contributed by atoms with Gasteiger partial charge in [0.05, 0.1) is 5.39 Å². The molecular weight excluding hydrogens is 384 g/mol. The van der Waals surface area contributed by atoms with Gasteiger partial charge < -0.3 is 4.90 Å². The predicted molar refractivity (Wildman–Crippen MR) is 127 cm³/mol. The molecule has 1 aliphatic rings. The first kappa shape index (κ1) is 19.2. The molecule has 0 saturated carbocycles. The summed E-state index contributed by atoms with van der Waals surface area (Å²) in [6.07, 6.45) is 6.61. The van der Waals surface area contributed by atoms with Crippen molar-refractivity contribution in [2.45, 2.75) is 26.2 Å². The molecule has 0 fully saturated rings. The lowest BCUT2D eigenvalue weighted by Crippen LogP contribution is -2.21. The first-order valence-corrected chi connectivity index (χ1v) is 10.6. The highest BCUT2D eigenvalue weighted by Gasteiger charge is 2.22. The SMILES string of the molecule is CC(C)c1ccc(/C=C/c2ccnc3nc(N4CCc5ccccc54)[nH]c(=O)c23)cc1. The van der Waals surface area contributed by atoms with Crippen molar-refractivity contribution in [2.24, 2.45) is 0 Å². The molecule has 1 N–H and O–H groups in total. The van der Waals surface area contributed by atoms with Crippen molar-refractivity contribution < 1.29 is 0 Å². The van der Waals surface area contributed by atoms with Gasteiger partial charge in [0.2, 0.25) is 5.95 Å². The lowest BCUT2D eigenvalue weighted by atomic mass is 10.0. The minimum atomic E-state index is -0.174. The molecule has 5 heteroatoms. The van der Waals surface area contributed by atoms with E-state index in [9.17, 15) is 4.79 Å². The summed E-state index contributed by atoms with van der Waals surface area (Å²) in [5.74, 6) is 1.05. The summed E-state index contributed by atoms with van der Waals surface area (Å²) in [6.45, 7) is 5.16. The summed E-state index contributed by atoms with van der Waals surface area (Å²) in [4.78, 5) is 27.1. The molecule has 0 amide bonds. The number of H-pyrrole nitrogens is 1. The Balaban J connectivity index is 1.51. The first-order valence-electron chi connectivity index (χ1n) is 10.6. The van der Waals surface area contributed by atoms with Gasteiger partial charge in [-0.05, 0) is 46.7 Å². The van der Waals surface area contributed by atoms with Crippen LogP contribution in [-0.4, -0.2) is 21.5 Å². The minimum Gasteiger partial charge on any atom is -0.311 e. The number of hydrogen-bond acceptors (Lipinski definition) is 4. The van der Waals surface area contributed by atoms with Crippen molar-refractivity contribution in [3.8, 4) is 0 Å². The highest BCUT2D eigenvalue weighted by atomic mass is 16.1. The number of rotatable bonds is 4. The molecule has 0 atom stereocenters. The van der Waals surface area contributed by atoms with Crippen LogP contribution in [0.5, 0.6) is 0 Å². The van der Waals surface area contributed by atoms with Crippen LogP contribution in [-0.2, 0) is 6.42 Å². The van der Waals surface area contributed by atoms with Crippen molar-refractivity contribution in [1.82, 2.24) is 15.0 Å². The Hall–Kier alpha value is -3.73. The van der Waals surface area contributed by atoms with E-state index in [-0.39, 0.29) is 5.56 Å². The minimum absolute atomic E-state index is 0.174. The molecule has 0 aliphatic carbocycles. The van der Waals surface area contributed by atoms with Gasteiger partial charge in [-0.2, -0.15) is 4.98 Å². The number of aromatic nitrogens is 3. The topological polar surface area (TPSA) is 61.9 Å². The molecule has 3 heterocycles. The van der Waals surface area contributed by atoms with Crippen LogP contribution in [0, 0.1) is 0 Å². The van der Waals surface area contributed by atoms with E-state index in [0.29, 0.717) is 22.9 Å². The maximum Gasteiger partial charge on any atom is 0.262 e. The summed E-state index contributed by atoms with van der Waals surface area (Å²) in [5, 5.41) is 0.508. The van der Waals surface area contributed by atoms with Crippen molar-refractivity contribution in [3.63, 3.8) is 0 Å². The highest BCUT2D eigenvalue weighted by Crippen LogP contribution is 2.32. The van der Waals surface area contributed by atoms with Crippen LogP contribution >= 0.6 is 0 Å². The predicted octanol–water partition coefficient (Wildman–Crippen LogP) is 5.31. The van der Waals surface area contributed by atoms with E-state index in [1.54, 1.807) is 6.20 Å². The van der Waals surface area contributed by atoms with Gasteiger partial charge in [-0.3, -0.25) is 9.78 Å². The third kappa shape index (κ3) is 3.63. The molecule has 154 valence electrons. The zero-order valence-corrected chi connectivity index (χ0v) is 17.7. The summed E-state index contributed by atoms with van der Waals surface area (Å²) in [7, 11) is 0. The Morgan fingerprint density at radius 2 is 1.84 bits per heavy atom. The number of pyridine rings is 1. The molecule has 0 spiro atoms. The average molecular weight is 409 g/mol. The van der Waals surface area contributed by atoms with Gasteiger partial charge in [-0.1, -0.05) is 68.5 Å². The van der Waals surface area contributed by atoms with E-state index in [2.05, 4.69) is 70.1 Å². The second-order valence-corrected chi connectivity index (χ2v) is 8.17. The van der Waals surface area contributed by atoms with Gasteiger partial charge in [0.1, 0.15) is 0 Å². The van der Waals surface area contributed by atoms with Crippen LogP contribution in [0.4, 0.5) is 11.6 Å². The zero-order chi connectivity index (χ0) is 21.4. The van der Waals surface area contributed by atoms with Gasteiger partial charge in [-0.25, -0.2) is 4.98 Å². The van der Waals surface area contributed by atoms with Crippen LogP contribution in [0.3, 0.4) is 0 Å². The molecule has 4 aromatic rings. The van der Waals surface area contributed by atoms with Gasteiger partial charge in [0, 0.05) is 18.4 Å². The monoisotopic (exact) mass is 408 g/mol. The molecule has 31 heavy (non-hydrogen) atoms. The van der Waals surface area contributed by atoms with Gasteiger partial charge >= 0.3 is 0 Å². The molecule has 0 unspecified atom stereocenters. The maximum atomic E-state index is 13.0. The molecule has 1 aliphatic heterocycles. The zero-order valence-electron chi connectivity index (χ0n) is 17.7. The molecule has 0 radical (unpaired) electrons. The summed E-state index contributed by atoms with van der Waals surface area (Å²) >= 11 is 0. The van der Waals surface area contributed by atoms with Gasteiger partial charge in [-0.15, -0.1) is 0 Å². The van der Waals surface area contributed by atoms with Crippen molar-refractivity contribution in [1.29, 1.82) is 0 Å². The Kier molecular flexibility index (Phi) is 4.86. The molecule has 0 bridgehead atoms. The lowest BCUT2D eigenvalue weighted by Gasteiger charge is -2.17. The highest BCUT2D eigenvalue weighted by molar-refractivity contribution is 5.88. The Morgan fingerprint density at radius 3 is 2.65 bits per heavy atom.